The molecule has 3 rings (SSSR count). The highest BCUT2D eigenvalue weighted by molar-refractivity contribution is 5.83. The molecule has 0 spiro atoms. The van der Waals surface area contributed by atoms with E-state index in [9.17, 15) is 9.90 Å². The normalized spacial score (nSPS) is 25.3. The smallest absolute Gasteiger partial charge is 0.263 e. The molecule has 1 saturated heterocycles. The minimum Gasteiger partial charge on any atom is -0.394 e. The lowest BCUT2D eigenvalue weighted by atomic mass is 10.2. The van der Waals surface area contributed by atoms with Gasteiger partial charge in [-0.2, -0.15) is 10.2 Å². The van der Waals surface area contributed by atoms with Gasteiger partial charge in [0.15, 0.2) is 5.65 Å². The SMILES string of the molecule is N#Cc1cn([C@H]2CC(O)[C@@H](CO)O2)c2nc(N)[nH]c(=O)c12. The summed E-state index contributed by atoms with van der Waals surface area (Å²) in [4.78, 5) is 18.3. The minimum absolute atomic E-state index is 0.0754. The molecule has 1 unspecified atom stereocenters. The summed E-state index contributed by atoms with van der Waals surface area (Å²) in [5.41, 5.74) is 5.38. The molecule has 5 N–H and O–H groups in total. The molecular weight excluding hydrogens is 278 g/mol. The molecule has 1 aliphatic rings. The van der Waals surface area contributed by atoms with Gasteiger partial charge in [-0.05, 0) is 0 Å². The Kier molecular flexibility index (Phi) is 3.13. The van der Waals surface area contributed by atoms with Gasteiger partial charge in [0, 0.05) is 12.6 Å². The number of hydrogen-bond acceptors (Lipinski definition) is 7. The Morgan fingerprint density at radius 1 is 1.67 bits per heavy atom. The number of aliphatic hydroxyl groups is 2. The quantitative estimate of drug-likeness (QED) is 0.543. The zero-order valence-corrected chi connectivity index (χ0v) is 10.9. The third kappa shape index (κ3) is 2.06. The van der Waals surface area contributed by atoms with Crippen molar-refractivity contribution < 1.29 is 14.9 Å². The van der Waals surface area contributed by atoms with Crippen LogP contribution in [0.3, 0.4) is 0 Å². The number of aromatic nitrogens is 3. The van der Waals surface area contributed by atoms with E-state index in [0.717, 1.165) is 0 Å². The molecule has 0 aromatic carbocycles. The summed E-state index contributed by atoms with van der Waals surface area (Å²) in [6, 6.07) is 1.92. The number of nitrogens with zero attached hydrogens (tertiary/aromatic N) is 3. The highest BCUT2D eigenvalue weighted by Gasteiger charge is 2.35. The zero-order chi connectivity index (χ0) is 15.1. The number of hydrogen-bond donors (Lipinski definition) is 4. The maximum atomic E-state index is 11.9. The molecule has 0 bridgehead atoms. The van der Waals surface area contributed by atoms with Gasteiger partial charge in [0.1, 0.15) is 23.8 Å². The van der Waals surface area contributed by atoms with E-state index in [1.807, 2.05) is 6.07 Å². The third-order valence-electron chi connectivity index (χ3n) is 3.52. The van der Waals surface area contributed by atoms with E-state index in [1.54, 1.807) is 0 Å². The zero-order valence-electron chi connectivity index (χ0n) is 10.9. The van der Waals surface area contributed by atoms with Gasteiger partial charge in [0.05, 0.1) is 18.3 Å². The lowest BCUT2D eigenvalue weighted by Gasteiger charge is -2.14. The summed E-state index contributed by atoms with van der Waals surface area (Å²) in [5.74, 6) is -0.0754. The van der Waals surface area contributed by atoms with Gasteiger partial charge in [-0.1, -0.05) is 0 Å². The summed E-state index contributed by atoms with van der Waals surface area (Å²) in [7, 11) is 0. The number of nitrogens with two attached hydrogens (primary N) is 1. The van der Waals surface area contributed by atoms with Gasteiger partial charge >= 0.3 is 0 Å². The van der Waals surface area contributed by atoms with Crippen LogP contribution in [-0.4, -0.2) is 43.6 Å². The molecule has 3 atom stereocenters. The maximum Gasteiger partial charge on any atom is 0.263 e. The van der Waals surface area contributed by atoms with Crippen LogP contribution in [0.25, 0.3) is 11.0 Å². The first kappa shape index (κ1) is 13.6. The molecule has 1 aliphatic heterocycles. The third-order valence-corrected chi connectivity index (χ3v) is 3.52. The van der Waals surface area contributed by atoms with E-state index in [-0.39, 0.29) is 35.6 Å². The second-order valence-electron chi connectivity index (χ2n) is 4.83. The topological polar surface area (TPSA) is 150 Å². The predicted molar refractivity (Wildman–Crippen MR) is 71.1 cm³/mol. The Labute approximate surface area is 118 Å². The van der Waals surface area contributed by atoms with Crippen LogP contribution in [0.15, 0.2) is 11.0 Å². The maximum absolute atomic E-state index is 11.9. The highest BCUT2D eigenvalue weighted by atomic mass is 16.5. The molecule has 21 heavy (non-hydrogen) atoms. The number of nitrogens with one attached hydrogen (secondary N) is 1. The number of H-pyrrole nitrogens is 1. The molecule has 1 fully saturated rings. The molecular formula is C12H13N5O4. The van der Waals surface area contributed by atoms with Crippen LogP contribution in [0.2, 0.25) is 0 Å². The Balaban J connectivity index is 2.16. The van der Waals surface area contributed by atoms with Crippen molar-refractivity contribution in [2.45, 2.75) is 24.9 Å². The summed E-state index contributed by atoms with van der Waals surface area (Å²) in [6.07, 6.45) is -0.521. The molecule has 3 heterocycles. The van der Waals surface area contributed by atoms with Crippen LogP contribution < -0.4 is 11.3 Å². The lowest BCUT2D eigenvalue weighted by molar-refractivity contribution is -0.0430. The number of aromatic amines is 1. The van der Waals surface area contributed by atoms with Crippen molar-refractivity contribution in [1.82, 2.24) is 14.5 Å². The van der Waals surface area contributed by atoms with Crippen molar-refractivity contribution in [3.05, 3.63) is 22.1 Å². The average molecular weight is 291 g/mol. The fraction of sp³-hybridized carbons (Fsp3) is 0.417. The van der Waals surface area contributed by atoms with Crippen molar-refractivity contribution in [2.75, 3.05) is 12.3 Å². The van der Waals surface area contributed by atoms with E-state index < -0.39 is 24.0 Å². The number of nitrogen functional groups attached to an aromatic ring is 1. The van der Waals surface area contributed by atoms with Crippen LogP contribution in [0.5, 0.6) is 0 Å². The minimum atomic E-state index is -0.831. The number of fused-ring (bicyclic) bond motifs is 1. The van der Waals surface area contributed by atoms with Gasteiger partial charge in [-0.15, -0.1) is 0 Å². The van der Waals surface area contributed by atoms with Crippen molar-refractivity contribution in [2.24, 2.45) is 0 Å². The number of anilines is 1. The summed E-state index contributed by atoms with van der Waals surface area (Å²) >= 11 is 0. The molecule has 0 amide bonds. The summed E-state index contributed by atoms with van der Waals surface area (Å²) in [5, 5.41) is 28.2. The monoisotopic (exact) mass is 291 g/mol. The molecule has 9 heteroatoms. The molecule has 0 aliphatic carbocycles. The first-order valence-electron chi connectivity index (χ1n) is 6.30. The fourth-order valence-corrected chi connectivity index (χ4v) is 2.53. The van der Waals surface area contributed by atoms with Crippen LogP contribution in [0.1, 0.15) is 18.2 Å². The van der Waals surface area contributed by atoms with Crippen LogP contribution in [0.4, 0.5) is 5.95 Å². The number of nitriles is 1. The van der Waals surface area contributed by atoms with Gasteiger partial charge in [-0.3, -0.25) is 9.78 Å². The molecule has 110 valence electrons. The fourth-order valence-electron chi connectivity index (χ4n) is 2.53. The predicted octanol–water partition coefficient (Wildman–Crippen LogP) is -1.18. The van der Waals surface area contributed by atoms with E-state index in [0.29, 0.717) is 0 Å². The molecule has 0 saturated carbocycles. The number of ether oxygens (including phenoxy) is 1. The first-order chi connectivity index (χ1) is 10.0. The molecule has 2 aromatic rings. The number of aliphatic hydroxyl groups excluding tert-OH is 2. The van der Waals surface area contributed by atoms with Crippen molar-refractivity contribution in [3.63, 3.8) is 0 Å². The van der Waals surface area contributed by atoms with Crippen molar-refractivity contribution >= 4 is 17.0 Å². The lowest BCUT2D eigenvalue weighted by Crippen LogP contribution is -2.24. The summed E-state index contributed by atoms with van der Waals surface area (Å²) < 4.78 is 7.00. The van der Waals surface area contributed by atoms with Gasteiger partial charge in [-0.25, -0.2) is 0 Å². The highest BCUT2D eigenvalue weighted by Crippen LogP contribution is 2.31. The van der Waals surface area contributed by atoms with Crippen LogP contribution in [-0.2, 0) is 4.74 Å². The Bertz CT molecular complexity index is 789. The second-order valence-corrected chi connectivity index (χ2v) is 4.83. The van der Waals surface area contributed by atoms with Crippen LogP contribution in [0, 0.1) is 11.3 Å². The molecule has 0 radical (unpaired) electrons. The Hall–Kier alpha value is -2.41. The summed E-state index contributed by atoms with van der Waals surface area (Å²) in [6.45, 7) is -0.321. The molecule has 2 aromatic heterocycles. The van der Waals surface area contributed by atoms with E-state index in [2.05, 4.69) is 9.97 Å². The average Bonchev–Trinajstić information content (AvgIpc) is 2.98. The Morgan fingerprint density at radius 3 is 3.05 bits per heavy atom. The van der Waals surface area contributed by atoms with Gasteiger partial charge in [0.25, 0.3) is 5.56 Å². The van der Waals surface area contributed by atoms with E-state index >= 15 is 0 Å². The largest absolute Gasteiger partial charge is 0.394 e. The van der Waals surface area contributed by atoms with E-state index in [1.165, 1.54) is 10.8 Å². The molecule has 9 nitrogen and oxygen atoms in total. The van der Waals surface area contributed by atoms with E-state index in [4.69, 9.17) is 20.8 Å². The van der Waals surface area contributed by atoms with Crippen molar-refractivity contribution in [3.8, 4) is 6.07 Å². The Morgan fingerprint density at radius 2 is 2.43 bits per heavy atom. The van der Waals surface area contributed by atoms with Gasteiger partial charge in [0.2, 0.25) is 5.95 Å². The first-order valence-corrected chi connectivity index (χ1v) is 6.30. The number of rotatable bonds is 2. The van der Waals surface area contributed by atoms with Crippen LogP contribution >= 0.6 is 0 Å². The van der Waals surface area contributed by atoms with Crippen molar-refractivity contribution in [1.29, 1.82) is 5.26 Å². The van der Waals surface area contributed by atoms with Gasteiger partial charge < -0.3 is 25.3 Å². The second kappa shape index (κ2) is 4.85. The standard InChI is InChI=1S/C12H13N5O4/c13-2-5-3-17(8-1-6(19)7(4-18)21-8)10-9(5)11(20)16-12(14)15-10/h3,6-8,18-19H,1,4H2,(H3,14,15,16,20)/t6?,7-,8-/m1/s1.